The van der Waals surface area contributed by atoms with Crippen molar-refractivity contribution in [3.8, 4) is 0 Å². The Kier molecular flexibility index (Phi) is 11.2. The van der Waals surface area contributed by atoms with E-state index in [0.717, 1.165) is 32.1 Å². The summed E-state index contributed by atoms with van der Waals surface area (Å²) in [6.45, 7) is 0. The summed E-state index contributed by atoms with van der Waals surface area (Å²) in [4.78, 5) is 22.2. The molecule has 3 nitrogen and oxygen atoms in total. The van der Waals surface area contributed by atoms with Gasteiger partial charge in [-0.3, -0.25) is 9.59 Å². The van der Waals surface area contributed by atoms with Crippen molar-refractivity contribution in [3.05, 3.63) is 11.1 Å². The van der Waals surface area contributed by atoms with E-state index in [4.69, 9.17) is 23.2 Å². The molecule has 104 valence electrons. The van der Waals surface area contributed by atoms with Gasteiger partial charge in [0.15, 0.2) is 5.78 Å². The normalized spacial score (nSPS) is 11.4. The Labute approximate surface area is 118 Å². The minimum atomic E-state index is -0.161. The first kappa shape index (κ1) is 17.5. The van der Waals surface area contributed by atoms with Gasteiger partial charge in [0.1, 0.15) is 0 Å². The number of hydrogen-bond acceptors (Lipinski definition) is 3. The summed E-state index contributed by atoms with van der Waals surface area (Å²) in [5, 5.41) is 0.389. The predicted molar refractivity (Wildman–Crippen MR) is 74.0 cm³/mol. The quantitative estimate of drug-likeness (QED) is 0.266. The molecule has 0 aliphatic rings. The number of methoxy groups -OCH3 is 1. The van der Waals surface area contributed by atoms with Crippen molar-refractivity contribution in [2.24, 2.45) is 0 Å². The number of ether oxygens (including phenoxy) is 1. The molecule has 0 N–H and O–H groups in total. The molecule has 0 spiro atoms. The lowest BCUT2D eigenvalue weighted by Crippen LogP contribution is -1.99. The third-order valence-electron chi connectivity index (χ3n) is 2.48. The van der Waals surface area contributed by atoms with Crippen LogP contribution >= 0.6 is 23.2 Å². The first-order valence-electron chi connectivity index (χ1n) is 6.11. The number of ketones is 1. The van der Waals surface area contributed by atoms with Crippen LogP contribution in [0.2, 0.25) is 0 Å². The second-order valence-electron chi connectivity index (χ2n) is 4.04. The van der Waals surface area contributed by atoms with E-state index in [0.29, 0.717) is 17.9 Å². The number of carbonyl (C=O) groups excluding carboxylic acids is 2. The molecule has 0 radical (unpaired) electrons. The molecule has 0 aromatic rings. The summed E-state index contributed by atoms with van der Waals surface area (Å²) in [7, 11) is 1.40. The zero-order valence-corrected chi connectivity index (χ0v) is 12.2. The molecule has 0 saturated carbocycles. The maximum absolute atomic E-state index is 11.3. The van der Waals surface area contributed by atoms with Crippen LogP contribution in [0.5, 0.6) is 0 Å². The molecule has 0 aliphatic heterocycles. The van der Waals surface area contributed by atoms with E-state index < -0.39 is 0 Å². The van der Waals surface area contributed by atoms with Crippen LogP contribution in [0, 0.1) is 0 Å². The highest BCUT2D eigenvalue weighted by Gasteiger charge is 2.01. The summed E-state index contributed by atoms with van der Waals surface area (Å²) < 4.78 is 4.54. The van der Waals surface area contributed by atoms with Gasteiger partial charge in [0.2, 0.25) is 0 Å². The average Bonchev–Trinajstić information content (AvgIpc) is 2.36. The lowest BCUT2D eigenvalue weighted by atomic mass is 10.1. The van der Waals surface area contributed by atoms with Crippen LogP contribution in [-0.4, -0.2) is 24.7 Å². The smallest absolute Gasteiger partial charge is 0.305 e. The Hall–Kier alpha value is -0.540. The van der Waals surface area contributed by atoms with Crippen LogP contribution in [-0.2, 0) is 14.3 Å². The minimum Gasteiger partial charge on any atom is -0.469 e. The van der Waals surface area contributed by atoms with E-state index >= 15 is 0 Å². The number of rotatable bonds is 10. The molecule has 0 unspecified atom stereocenters. The third-order valence-corrected chi connectivity index (χ3v) is 3.14. The SMILES string of the molecule is COC(=O)CCCCCCCC(=O)/C=C(\Cl)CCl. The second-order valence-corrected chi connectivity index (χ2v) is 4.79. The number of esters is 1. The number of alkyl halides is 1. The van der Waals surface area contributed by atoms with Gasteiger partial charge in [0, 0.05) is 17.9 Å². The summed E-state index contributed by atoms with van der Waals surface area (Å²) >= 11 is 11.1. The fraction of sp³-hybridized carbons (Fsp3) is 0.692. The average molecular weight is 295 g/mol. The molecular formula is C13H20Cl2O3. The number of carbonyl (C=O) groups is 2. The molecule has 0 bridgehead atoms. The second kappa shape index (κ2) is 11.5. The molecule has 0 heterocycles. The monoisotopic (exact) mass is 294 g/mol. The zero-order chi connectivity index (χ0) is 13.8. The molecule has 0 saturated heterocycles. The van der Waals surface area contributed by atoms with E-state index in [1.54, 1.807) is 0 Å². The molecule has 0 rings (SSSR count). The van der Waals surface area contributed by atoms with Gasteiger partial charge in [-0.25, -0.2) is 0 Å². The molecule has 5 heteroatoms. The molecule has 0 fully saturated rings. The lowest BCUT2D eigenvalue weighted by molar-refractivity contribution is -0.140. The highest BCUT2D eigenvalue weighted by atomic mass is 35.5. The van der Waals surface area contributed by atoms with Crippen molar-refractivity contribution in [1.29, 1.82) is 0 Å². The van der Waals surface area contributed by atoms with Crippen molar-refractivity contribution in [3.63, 3.8) is 0 Å². The van der Waals surface area contributed by atoms with Crippen LogP contribution in [0.4, 0.5) is 0 Å². The van der Waals surface area contributed by atoms with Crippen LogP contribution in [0.3, 0.4) is 0 Å². The molecule has 0 aromatic carbocycles. The Balaban J connectivity index is 3.41. The van der Waals surface area contributed by atoms with Crippen LogP contribution in [0.15, 0.2) is 11.1 Å². The molecule has 0 aliphatic carbocycles. The van der Waals surface area contributed by atoms with Gasteiger partial charge >= 0.3 is 5.97 Å². The number of hydrogen-bond donors (Lipinski definition) is 0. The Morgan fingerprint density at radius 3 is 2.17 bits per heavy atom. The Morgan fingerprint density at radius 2 is 1.61 bits per heavy atom. The van der Waals surface area contributed by atoms with Gasteiger partial charge in [-0.1, -0.05) is 30.9 Å². The van der Waals surface area contributed by atoms with Gasteiger partial charge < -0.3 is 4.74 Å². The van der Waals surface area contributed by atoms with Crippen molar-refractivity contribution in [1.82, 2.24) is 0 Å². The molecular weight excluding hydrogens is 275 g/mol. The summed E-state index contributed by atoms with van der Waals surface area (Å²) in [6.07, 6.45) is 7.07. The van der Waals surface area contributed by atoms with Gasteiger partial charge in [0.05, 0.1) is 13.0 Å². The maximum Gasteiger partial charge on any atom is 0.305 e. The van der Waals surface area contributed by atoms with E-state index in [9.17, 15) is 9.59 Å². The van der Waals surface area contributed by atoms with Crippen LogP contribution in [0.25, 0.3) is 0 Å². The summed E-state index contributed by atoms with van der Waals surface area (Å²) in [5.41, 5.74) is 0. The van der Waals surface area contributed by atoms with E-state index in [1.807, 2.05) is 0 Å². The summed E-state index contributed by atoms with van der Waals surface area (Å²) in [5.74, 6) is 0.0436. The molecule has 0 aromatic heterocycles. The lowest BCUT2D eigenvalue weighted by Gasteiger charge is -2.00. The van der Waals surface area contributed by atoms with E-state index in [-0.39, 0.29) is 17.6 Å². The topological polar surface area (TPSA) is 43.4 Å². The number of unbranched alkanes of at least 4 members (excludes halogenated alkanes) is 4. The first-order chi connectivity index (χ1) is 8.60. The van der Waals surface area contributed by atoms with E-state index in [2.05, 4.69) is 4.74 Å². The Bertz CT molecular complexity index is 288. The van der Waals surface area contributed by atoms with Crippen molar-refractivity contribution >= 4 is 35.0 Å². The predicted octanol–water partition coefficient (Wildman–Crippen LogP) is 3.82. The number of halogens is 2. The van der Waals surface area contributed by atoms with Crippen LogP contribution < -0.4 is 0 Å². The fourth-order valence-corrected chi connectivity index (χ4v) is 1.69. The zero-order valence-electron chi connectivity index (χ0n) is 10.7. The van der Waals surface area contributed by atoms with Crippen molar-refractivity contribution < 1.29 is 14.3 Å². The van der Waals surface area contributed by atoms with Gasteiger partial charge in [-0.05, 0) is 18.9 Å². The molecule has 0 amide bonds. The molecule has 0 atom stereocenters. The standard InChI is InChI=1S/C13H20Cl2O3/c1-18-13(17)8-6-4-2-3-5-7-12(16)9-11(15)10-14/h9H,2-8,10H2,1H3/b11-9-. The fourth-order valence-electron chi connectivity index (χ4n) is 1.49. The van der Waals surface area contributed by atoms with Crippen LogP contribution in [0.1, 0.15) is 44.9 Å². The van der Waals surface area contributed by atoms with Crippen molar-refractivity contribution in [2.75, 3.05) is 13.0 Å². The minimum absolute atomic E-state index is 0.0233. The van der Waals surface area contributed by atoms with Gasteiger partial charge in [-0.2, -0.15) is 0 Å². The van der Waals surface area contributed by atoms with Crippen molar-refractivity contribution in [2.45, 2.75) is 44.9 Å². The van der Waals surface area contributed by atoms with Gasteiger partial charge in [0.25, 0.3) is 0 Å². The number of allylic oxidation sites excluding steroid dienone is 2. The summed E-state index contributed by atoms with van der Waals surface area (Å²) in [6, 6.07) is 0. The molecule has 18 heavy (non-hydrogen) atoms. The van der Waals surface area contributed by atoms with Gasteiger partial charge in [-0.15, -0.1) is 11.6 Å². The Morgan fingerprint density at radius 1 is 1.06 bits per heavy atom. The third kappa shape index (κ3) is 10.6. The maximum atomic E-state index is 11.3. The van der Waals surface area contributed by atoms with E-state index in [1.165, 1.54) is 13.2 Å². The highest BCUT2D eigenvalue weighted by Crippen LogP contribution is 2.10. The highest BCUT2D eigenvalue weighted by molar-refractivity contribution is 6.36. The first-order valence-corrected chi connectivity index (χ1v) is 7.03. The largest absolute Gasteiger partial charge is 0.469 e.